The number of nitrogens with zero attached hydrogens (tertiary/aromatic N) is 1. The first kappa shape index (κ1) is 6.70. The zero-order valence-corrected chi connectivity index (χ0v) is 5.89. The summed E-state index contributed by atoms with van der Waals surface area (Å²) in [6, 6.07) is 0. The molecule has 9 heavy (non-hydrogen) atoms. The van der Waals surface area contributed by atoms with Crippen molar-refractivity contribution >= 4 is 19.9 Å². The fraction of sp³-hybridized carbons (Fsp3) is 0.333. The van der Waals surface area contributed by atoms with Gasteiger partial charge < -0.3 is 4.74 Å². The van der Waals surface area contributed by atoms with Crippen LogP contribution in [0, 0.1) is 0 Å². The molecule has 4 nitrogen and oxygen atoms in total. The topological polar surface area (TPSA) is 46.6 Å². The highest BCUT2D eigenvalue weighted by molar-refractivity contribution is 8.11. The van der Waals surface area contributed by atoms with E-state index in [2.05, 4.69) is 4.74 Å². The van der Waals surface area contributed by atoms with Crippen molar-refractivity contribution in [2.75, 3.05) is 6.73 Å². The zero-order valence-electron chi connectivity index (χ0n) is 4.32. The van der Waals surface area contributed by atoms with Crippen LogP contribution in [0.4, 0.5) is 0 Å². The first-order valence-electron chi connectivity index (χ1n) is 2.10. The van der Waals surface area contributed by atoms with Crippen molar-refractivity contribution in [2.24, 2.45) is 0 Å². The molecule has 0 aromatic rings. The summed E-state index contributed by atoms with van der Waals surface area (Å²) in [6.45, 7) is -0.0220. The Morgan fingerprint density at radius 1 is 1.67 bits per heavy atom. The molecule has 6 heteroatoms. The molecule has 0 aromatic carbocycles. The van der Waals surface area contributed by atoms with E-state index in [0.29, 0.717) is 0 Å². The van der Waals surface area contributed by atoms with E-state index in [1.165, 1.54) is 12.5 Å². The van der Waals surface area contributed by atoms with E-state index >= 15 is 0 Å². The molecule has 0 spiro atoms. The van der Waals surface area contributed by atoms with Crippen LogP contribution in [0.15, 0.2) is 12.5 Å². The summed E-state index contributed by atoms with van der Waals surface area (Å²) in [6.07, 6.45) is 2.52. The average Bonchev–Trinajstić information content (AvgIpc) is 2.08. The summed E-state index contributed by atoms with van der Waals surface area (Å²) in [4.78, 5) is 0. The van der Waals surface area contributed by atoms with Gasteiger partial charge in [-0.15, -0.1) is 0 Å². The Labute approximate surface area is 57.2 Å². The van der Waals surface area contributed by atoms with Crippen molar-refractivity contribution in [1.29, 1.82) is 0 Å². The van der Waals surface area contributed by atoms with Gasteiger partial charge in [-0.3, -0.25) is 0 Å². The third kappa shape index (κ3) is 1.49. The molecule has 0 atom stereocenters. The summed E-state index contributed by atoms with van der Waals surface area (Å²) in [5.41, 5.74) is 0. The predicted molar refractivity (Wildman–Crippen MR) is 31.7 cm³/mol. The summed E-state index contributed by atoms with van der Waals surface area (Å²) in [5.74, 6) is 0. The number of ether oxygens (including phenoxy) is 1. The van der Waals surface area contributed by atoms with Gasteiger partial charge in [0.1, 0.15) is 6.26 Å². The van der Waals surface area contributed by atoms with E-state index in [1.54, 1.807) is 0 Å². The van der Waals surface area contributed by atoms with E-state index in [4.69, 9.17) is 10.7 Å². The van der Waals surface area contributed by atoms with Crippen LogP contribution < -0.4 is 0 Å². The van der Waals surface area contributed by atoms with Gasteiger partial charge in [-0.05, 0) is 0 Å². The fourth-order valence-corrected chi connectivity index (χ4v) is 1.05. The first-order valence-corrected chi connectivity index (χ1v) is 4.37. The van der Waals surface area contributed by atoms with Crippen LogP contribution in [0.25, 0.3) is 0 Å². The lowest BCUT2D eigenvalue weighted by Crippen LogP contribution is -2.18. The van der Waals surface area contributed by atoms with Crippen molar-refractivity contribution in [1.82, 2.24) is 4.31 Å². The van der Waals surface area contributed by atoms with Crippen LogP contribution in [0.5, 0.6) is 0 Å². The summed E-state index contributed by atoms with van der Waals surface area (Å²) < 4.78 is 26.2. The highest BCUT2D eigenvalue weighted by Gasteiger charge is 2.17. The predicted octanol–water partition coefficient (Wildman–Crippen LogP) is 0.231. The molecule has 0 radical (unpaired) electrons. The Hall–Kier alpha value is -0.420. The molecule has 0 aliphatic carbocycles. The molecular weight excluding hydrogens is 166 g/mol. The van der Waals surface area contributed by atoms with Crippen molar-refractivity contribution in [3.8, 4) is 0 Å². The average molecular weight is 170 g/mol. The molecule has 0 unspecified atom stereocenters. The number of halogens is 1. The quantitative estimate of drug-likeness (QED) is 0.528. The molecule has 0 saturated heterocycles. The molecule has 1 aliphatic heterocycles. The van der Waals surface area contributed by atoms with Gasteiger partial charge in [-0.25, -0.2) is 4.31 Å². The Balaban J connectivity index is 2.76. The molecule has 52 valence electrons. The van der Waals surface area contributed by atoms with E-state index in [1.807, 2.05) is 0 Å². The van der Waals surface area contributed by atoms with Gasteiger partial charge in [-0.2, -0.15) is 8.42 Å². The minimum absolute atomic E-state index is 0.0220. The Morgan fingerprint density at radius 2 is 2.33 bits per heavy atom. The Kier molecular flexibility index (Phi) is 1.54. The number of rotatable bonds is 1. The van der Waals surface area contributed by atoms with Crippen molar-refractivity contribution < 1.29 is 13.2 Å². The van der Waals surface area contributed by atoms with Crippen LogP contribution in [0.1, 0.15) is 0 Å². The van der Waals surface area contributed by atoms with Crippen LogP contribution in [0.3, 0.4) is 0 Å². The van der Waals surface area contributed by atoms with Gasteiger partial charge >= 0.3 is 9.24 Å². The van der Waals surface area contributed by atoms with E-state index < -0.39 is 9.24 Å². The second-order valence-electron chi connectivity index (χ2n) is 1.41. The van der Waals surface area contributed by atoms with Crippen molar-refractivity contribution in [3.63, 3.8) is 0 Å². The third-order valence-electron chi connectivity index (χ3n) is 0.805. The highest BCUT2D eigenvalue weighted by atomic mass is 35.7. The molecule has 1 aliphatic rings. The van der Waals surface area contributed by atoms with Gasteiger partial charge in [0, 0.05) is 10.7 Å². The largest absolute Gasteiger partial charge is 0.478 e. The molecule has 0 saturated carbocycles. The third-order valence-corrected chi connectivity index (χ3v) is 2.12. The van der Waals surface area contributed by atoms with Crippen LogP contribution in [-0.2, 0) is 14.0 Å². The van der Waals surface area contributed by atoms with Gasteiger partial charge in [-0.1, -0.05) is 0 Å². The maximum absolute atomic E-state index is 10.4. The maximum atomic E-state index is 10.4. The molecule has 1 heterocycles. The lowest BCUT2D eigenvalue weighted by molar-refractivity contribution is 0.222. The maximum Gasteiger partial charge on any atom is 0.324 e. The lowest BCUT2D eigenvalue weighted by atomic mass is 11.0. The monoisotopic (exact) mass is 169 g/mol. The Bertz CT molecular complexity index is 221. The van der Waals surface area contributed by atoms with Crippen molar-refractivity contribution in [2.45, 2.75) is 0 Å². The van der Waals surface area contributed by atoms with Gasteiger partial charge in [0.25, 0.3) is 0 Å². The van der Waals surface area contributed by atoms with Crippen LogP contribution >= 0.6 is 10.7 Å². The van der Waals surface area contributed by atoms with Gasteiger partial charge in [0.15, 0.2) is 6.73 Å². The lowest BCUT2D eigenvalue weighted by Gasteiger charge is -2.06. The standard InChI is InChI=1S/C3H4ClNO3S/c4-9(6,7)5-1-2-8-3-5/h1-2H,3H2. The SMILES string of the molecule is O=S(=O)(Cl)N1C=COC1. The second kappa shape index (κ2) is 2.07. The molecular formula is C3H4ClNO3S. The molecule has 0 fully saturated rings. The minimum Gasteiger partial charge on any atom is -0.478 e. The van der Waals surface area contributed by atoms with Crippen molar-refractivity contribution in [3.05, 3.63) is 12.5 Å². The first-order chi connectivity index (χ1) is 4.11. The normalized spacial score (nSPS) is 18.1. The van der Waals surface area contributed by atoms with E-state index in [9.17, 15) is 8.42 Å². The van der Waals surface area contributed by atoms with Gasteiger partial charge in [0.05, 0.1) is 6.20 Å². The minimum atomic E-state index is -3.61. The van der Waals surface area contributed by atoms with E-state index in [-0.39, 0.29) is 6.73 Å². The summed E-state index contributed by atoms with van der Waals surface area (Å²) in [7, 11) is 1.30. The molecule has 0 N–H and O–H groups in total. The highest BCUT2D eigenvalue weighted by Crippen LogP contribution is 2.10. The second-order valence-corrected chi connectivity index (χ2v) is 3.87. The van der Waals surface area contributed by atoms with Crippen LogP contribution in [0.2, 0.25) is 0 Å². The fourth-order valence-electron chi connectivity index (χ4n) is 0.406. The molecule has 1 rings (SSSR count). The summed E-state index contributed by atoms with van der Waals surface area (Å²) in [5, 5.41) is 0. The molecule has 0 bridgehead atoms. The van der Waals surface area contributed by atoms with E-state index in [0.717, 1.165) is 4.31 Å². The number of hydrogen-bond donors (Lipinski definition) is 0. The Morgan fingerprint density at radius 3 is 2.56 bits per heavy atom. The van der Waals surface area contributed by atoms with Gasteiger partial charge in [0.2, 0.25) is 0 Å². The zero-order chi connectivity index (χ0) is 6.91. The summed E-state index contributed by atoms with van der Waals surface area (Å²) >= 11 is 0. The van der Waals surface area contributed by atoms with Crippen LogP contribution in [-0.4, -0.2) is 19.5 Å². The smallest absolute Gasteiger partial charge is 0.324 e. The molecule has 0 amide bonds. The molecule has 0 aromatic heterocycles. The number of hydrogen-bond acceptors (Lipinski definition) is 3.